The molecule has 1 saturated carbocycles. The van der Waals surface area contributed by atoms with Gasteiger partial charge in [-0.1, -0.05) is 37.3 Å². The molecule has 0 bridgehead atoms. The maximum Gasteiger partial charge on any atom is 0.314 e. The van der Waals surface area contributed by atoms with Crippen molar-refractivity contribution in [1.29, 1.82) is 0 Å². The second kappa shape index (κ2) is 6.95. The first-order valence-electron chi connectivity index (χ1n) is 8.20. The number of esters is 1. The molecule has 0 saturated heterocycles. The van der Waals surface area contributed by atoms with Crippen molar-refractivity contribution < 1.29 is 13.9 Å². The van der Waals surface area contributed by atoms with Gasteiger partial charge in [0.15, 0.2) is 0 Å². The van der Waals surface area contributed by atoms with Crippen molar-refractivity contribution in [3.05, 3.63) is 54.3 Å². The van der Waals surface area contributed by atoms with Gasteiger partial charge >= 0.3 is 5.97 Å². The molecule has 2 aromatic carbocycles. The Balaban J connectivity index is 1.66. The highest BCUT2D eigenvalue weighted by Crippen LogP contribution is 2.30. The smallest absolute Gasteiger partial charge is 0.314 e. The predicted octanol–water partition coefficient (Wildman–Crippen LogP) is 5.22. The molecular weight excluding hydrogens is 291 g/mol. The van der Waals surface area contributed by atoms with Crippen LogP contribution in [0.4, 0.5) is 4.39 Å². The normalized spacial score (nSPS) is 21.0. The minimum Gasteiger partial charge on any atom is -0.426 e. The van der Waals surface area contributed by atoms with Crippen LogP contribution in [0.1, 0.15) is 32.6 Å². The molecule has 2 nitrogen and oxygen atoms in total. The molecule has 1 fully saturated rings. The summed E-state index contributed by atoms with van der Waals surface area (Å²) in [5, 5.41) is 0. The second-order valence-corrected chi connectivity index (χ2v) is 6.38. The van der Waals surface area contributed by atoms with Crippen LogP contribution >= 0.6 is 0 Å². The Morgan fingerprint density at radius 3 is 2.30 bits per heavy atom. The lowest BCUT2D eigenvalue weighted by Crippen LogP contribution is -2.24. The van der Waals surface area contributed by atoms with Crippen molar-refractivity contribution in [1.82, 2.24) is 0 Å². The molecule has 1 aliphatic carbocycles. The Bertz CT molecular complexity index is 670. The maximum atomic E-state index is 13.8. The third-order valence-electron chi connectivity index (χ3n) is 4.61. The molecule has 0 N–H and O–H groups in total. The summed E-state index contributed by atoms with van der Waals surface area (Å²) in [6.45, 7) is 2.23. The minimum atomic E-state index is -0.256. The SMILES string of the molecule is CC1CCC(C(=O)Oc2ccc(-c3ccccc3F)cc2)CC1. The first-order valence-corrected chi connectivity index (χ1v) is 8.20. The van der Waals surface area contributed by atoms with Crippen LogP contribution in [-0.2, 0) is 4.79 Å². The standard InChI is InChI=1S/C20H21FO2/c1-14-6-8-16(9-7-14)20(22)23-17-12-10-15(11-13-17)18-4-2-3-5-19(18)21/h2-5,10-14,16H,6-9H2,1H3. The van der Waals surface area contributed by atoms with Crippen LogP contribution in [0.3, 0.4) is 0 Å². The van der Waals surface area contributed by atoms with Crippen LogP contribution in [0, 0.1) is 17.7 Å². The molecule has 0 amide bonds. The van der Waals surface area contributed by atoms with Gasteiger partial charge in [0.1, 0.15) is 11.6 Å². The second-order valence-electron chi connectivity index (χ2n) is 6.38. The van der Waals surface area contributed by atoms with Gasteiger partial charge in [-0.25, -0.2) is 4.39 Å². The van der Waals surface area contributed by atoms with Crippen molar-refractivity contribution in [2.75, 3.05) is 0 Å². The van der Waals surface area contributed by atoms with E-state index < -0.39 is 0 Å². The van der Waals surface area contributed by atoms with E-state index in [0.717, 1.165) is 31.2 Å². The molecule has 0 radical (unpaired) electrons. The summed E-state index contributed by atoms with van der Waals surface area (Å²) in [4.78, 5) is 12.2. The van der Waals surface area contributed by atoms with Crippen molar-refractivity contribution in [3.8, 4) is 16.9 Å². The maximum absolute atomic E-state index is 13.8. The van der Waals surface area contributed by atoms with Gasteiger partial charge in [-0.3, -0.25) is 4.79 Å². The van der Waals surface area contributed by atoms with E-state index in [1.54, 1.807) is 42.5 Å². The van der Waals surface area contributed by atoms with Gasteiger partial charge in [-0.15, -0.1) is 0 Å². The highest BCUT2D eigenvalue weighted by atomic mass is 19.1. The van der Waals surface area contributed by atoms with Gasteiger partial charge in [0.05, 0.1) is 5.92 Å². The van der Waals surface area contributed by atoms with E-state index in [9.17, 15) is 9.18 Å². The monoisotopic (exact) mass is 312 g/mol. The zero-order valence-electron chi connectivity index (χ0n) is 13.3. The number of rotatable bonds is 3. The van der Waals surface area contributed by atoms with E-state index >= 15 is 0 Å². The molecule has 120 valence electrons. The van der Waals surface area contributed by atoms with Gasteiger partial charge in [-0.2, -0.15) is 0 Å². The molecule has 2 aromatic rings. The average Bonchev–Trinajstić information content (AvgIpc) is 2.57. The fraction of sp³-hybridized carbons (Fsp3) is 0.350. The summed E-state index contributed by atoms with van der Waals surface area (Å²) in [7, 11) is 0. The minimum absolute atomic E-state index is 0.0115. The van der Waals surface area contributed by atoms with E-state index in [4.69, 9.17) is 4.74 Å². The fourth-order valence-electron chi connectivity index (χ4n) is 3.09. The Hall–Kier alpha value is -2.16. The van der Waals surface area contributed by atoms with Crippen LogP contribution in [0.5, 0.6) is 5.75 Å². The highest BCUT2D eigenvalue weighted by molar-refractivity contribution is 5.75. The Kier molecular flexibility index (Phi) is 4.75. The summed E-state index contributed by atoms with van der Waals surface area (Å²) in [6, 6.07) is 13.7. The lowest BCUT2D eigenvalue weighted by Gasteiger charge is -2.24. The van der Waals surface area contributed by atoms with Crippen LogP contribution in [-0.4, -0.2) is 5.97 Å². The molecule has 0 aliphatic heterocycles. The van der Waals surface area contributed by atoms with Gasteiger partial charge < -0.3 is 4.74 Å². The van der Waals surface area contributed by atoms with E-state index in [1.807, 2.05) is 0 Å². The quantitative estimate of drug-likeness (QED) is 0.573. The fourth-order valence-corrected chi connectivity index (χ4v) is 3.09. The highest BCUT2D eigenvalue weighted by Gasteiger charge is 2.25. The molecule has 0 heterocycles. The Morgan fingerprint density at radius 1 is 1.00 bits per heavy atom. The van der Waals surface area contributed by atoms with Crippen molar-refractivity contribution in [2.45, 2.75) is 32.6 Å². The van der Waals surface area contributed by atoms with E-state index in [-0.39, 0.29) is 17.7 Å². The molecule has 1 aliphatic rings. The molecule has 0 spiro atoms. The zero-order chi connectivity index (χ0) is 16.2. The number of carbonyl (C=O) groups is 1. The van der Waals surface area contributed by atoms with Crippen LogP contribution in [0.2, 0.25) is 0 Å². The topological polar surface area (TPSA) is 26.3 Å². The molecule has 3 rings (SSSR count). The number of halogens is 1. The third kappa shape index (κ3) is 3.79. The van der Waals surface area contributed by atoms with Gasteiger partial charge in [0.25, 0.3) is 0 Å². The number of benzene rings is 2. The van der Waals surface area contributed by atoms with E-state index in [0.29, 0.717) is 17.2 Å². The Morgan fingerprint density at radius 2 is 1.65 bits per heavy atom. The molecule has 0 aromatic heterocycles. The first-order chi connectivity index (χ1) is 11.1. The third-order valence-corrected chi connectivity index (χ3v) is 4.61. The van der Waals surface area contributed by atoms with Gasteiger partial charge in [0, 0.05) is 5.56 Å². The largest absolute Gasteiger partial charge is 0.426 e. The number of hydrogen-bond donors (Lipinski definition) is 0. The lowest BCUT2D eigenvalue weighted by atomic mass is 9.83. The number of ether oxygens (including phenoxy) is 1. The van der Waals surface area contributed by atoms with Crippen LogP contribution in [0.15, 0.2) is 48.5 Å². The van der Waals surface area contributed by atoms with Crippen molar-refractivity contribution in [2.24, 2.45) is 11.8 Å². The predicted molar refractivity (Wildman–Crippen MR) is 88.6 cm³/mol. The first kappa shape index (κ1) is 15.7. The molecular formula is C20H21FO2. The average molecular weight is 312 g/mol. The summed E-state index contributed by atoms with van der Waals surface area (Å²) in [6.07, 6.45) is 4.00. The van der Waals surface area contributed by atoms with Gasteiger partial charge in [-0.05, 0) is 55.4 Å². The van der Waals surface area contributed by atoms with E-state index in [1.165, 1.54) is 6.07 Å². The van der Waals surface area contributed by atoms with E-state index in [2.05, 4.69) is 6.92 Å². The van der Waals surface area contributed by atoms with Crippen molar-refractivity contribution in [3.63, 3.8) is 0 Å². The molecule has 0 unspecified atom stereocenters. The summed E-state index contributed by atoms with van der Waals surface area (Å²) < 4.78 is 19.3. The lowest BCUT2D eigenvalue weighted by molar-refractivity contribution is -0.140. The summed E-state index contributed by atoms with van der Waals surface area (Å²) in [5.74, 6) is 0.842. The Labute approximate surface area is 136 Å². The van der Waals surface area contributed by atoms with Crippen molar-refractivity contribution >= 4 is 5.97 Å². The molecule has 0 atom stereocenters. The van der Waals surface area contributed by atoms with Crippen LogP contribution < -0.4 is 4.74 Å². The summed E-state index contributed by atoms with van der Waals surface area (Å²) >= 11 is 0. The number of carbonyl (C=O) groups excluding carboxylic acids is 1. The van der Waals surface area contributed by atoms with Gasteiger partial charge in [0.2, 0.25) is 0 Å². The summed E-state index contributed by atoms with van der Waals surface area (Å²) in [5.41, 5.74) is 1.32. The number of hydrogen-bond acceptors (Lipinski definition) is 2. The molecule has 23 heavy (non-hydrogen) atoms. The van der Waals surface area contributed by atoms with Crippen LogP contribution in [0.25, 0.3) is 11.1 Å². The zero-order valence-corrected chi connectivity index (χ0v) is 13.3. The molecule has 3 heteroatoms.